The van der Waals surface area contributed by atoms with Crippen molar-refractivity contribution < 1.29 is 23.5 Å². The van der Waals surface area contributed by atoms with Gasteiger partial charge in [-0.25, -0.2) is 4.79 Å². The highest BCUT2D eigenvalue weighted by molar-refractivity contribution is 6.05. The lowest BCUT2D eigenvalue weighted by Gasteiger charge is -2.08. The van der Waals surface area contributed by atoms with E-state index in [4.69, 9.17) is 13.9 Å². The van der Waals surface area contributed by atoms with E-state index in [2.05, 4.69) is 10.4 Å². The molecule has 31 heavy (non-hydrogen) atoms. The number of esters is 1. The molecule has 0 radical (unpaired) electrons. The van der Waals surface area contributed by atoms with Crippen LogP contribution in [0.15, 0.2) is 65.2 Å². The third kappa shape index (κ3) is 4.28. The highest BCUT2D eigenvalue weighted by atomic mass is 16.5. The number of aryl methyl sites for hydroxylation is 1. The normalized spacial score (nSPS) is 10.8. The standard InChI is InChI=1S/C23H21N3O5/c1-3-26-13-18(21(25-26)23(28)29-2)24-22(27)20-12-11-16(31-20)14-30-19-10-6-8-15-7-4-5-9-17(15)19/h4-13H,3,14H2,1-2H3,(H,24,27). The zero-order chi connectivity index (χ0) is 21.8. The second-order valence-electron chi connectivity index (χ2n) is 6.72. The quantitative estimate of drug-likeness (QED) is 0.450. The van der Waals surface area contributed by atoms with Gasteiger partial charge in [-0.1, -0.05) is 36.4 Å². The van der Waals surface area contributed by atoms with Crippen molar-refractivity contribution in [1.29, 1.82) is 0 Å². The maximum Gasteiger partial charge on any atom is 0.360 e. The summed E-state index contributed by atoms with van der Waals surface area (Å²) in [5.41, 5.74) is 0.285. The summed E-state index contributed by atoms with van der Waals surface area (Å²) in [5.74, 6) is 0.186. The molecule has 8 nitrogen and oxygen atoms in total. The molecule has 4 rings (SSSR count). The molecule has 0 atom stereocenters. The molecule has 1 amide bonds. The Morgan fingerprint density at radius 1 is 1.10 bits per heavy atom. The van der Waals surface area contributed by atoms with Gasteiger partial charge in [-0.05, 0) is 30.5 Å². The van der Waals surface area contributed by atoms with Gasteiger partial charge in [0.25, 0.3) is 5.91 Å². The third-order valence-electron chi connectivity index (χ3n) is 4.72. The van der Waals surface area contributed by atoms with Crippen molar-refractivity contribution in [2.45, 2.75) is 20.1 Å². The molecule has 8 heteroatoms. The lowest BCUT2D eigenvalue weighted by Crippen LogP contribution is -2.14. The number of amides is 1. The summed E-state index contributed by atoms with van der Waals surface area (Å²) in [6.07, 6.45) is 1.57. The summed E-state index contributed by atoms with van der Waals surface area (Å²) in [6, 6.07) is 17.0. The molecule has 0 bridgehead atoms. The average molecular weight is 419 g/mol. The molecule has 0 saturated heterocycles. The summed E-state index contributed by atoms with van der Waals surface area (Å²) in [7, 11) is 1.26. The minimum Gasteiger partial charge on any atom is -0.485 e. The molecule has 2 aromatic heterocycles. The first kappa shape index (κ1) is 20.2. The molecule has 2 aromatic carbocycles. The number of nitrogens with zero attached hydrogens (tertiary/aromatic N) is 2. The van der Waals surface area contributed by atoms with Gasteiger partial charge in [0, 0.05) is 18.1 Å². The number of methoxy groups -OCH3 is 1. The summed E-state index contributed by atoms with van der Waals surface area (Å²) < 4.78 is 17.8. The van der Waals surface area contributed by atoms with Crippen LogP contribution in [-0.2, 0) is 17.9 Å². The minimum atomic E-state index is -0.633. The Morgan fingerprint density at radius 2 is 1.90 bits per heavy atom. The maximum absolute atomic E-state index is 12.6. The molecule has 0 spiro atoms. The number of hydrogen-bond donors (Lipinski definition) is 1. The molecule has 0 aliphatic carbocycles. The van der Waals surface area contributed by atoms with E-state index >= 15 is 0 Å². The van der Waals surface area contributed by atoms with Gasteiger partial charge in [-0.15, -0.1) is 0 Å². The molecule has 0 fully saturated rings. The average Bonchev–Trinajstić information content (AvgIpc) is 3.44. The monoisotopic (exact) mass is 419 g/mol. The molecule has 0 saturated carbocycles. The smallest absolute Gasteiger partial charge is 0.360 e. The summed E-state index contributed by atoms with van der Waals surface area (Å²) in [6.45, 7) is 2.58. The summed E-state index contributed by atoms with van der Waals surface area (Å²) in [4.78, 5) is 24.5. The van der Waals surface area contributed by atoms with Crippen molar-refractivity contribution in [3.05, 3.63) is 78.0 Å². The Labute approximate surface area is 178 Å². The molecule has 4 aromatic rings. The van der Waals surface area contributed by atoms with Crippen LogP contribution in [-0.4, -0.2) is 28.8 Å². The molecular formula is C23H21N3O5. The Bertz CT molecular complexity index is 1240. The first-order valence-electron chi connectivity index (χ1n) is 9.75. The molecule has 0 aliphatic rings. The number of carbonyl (C=O) groups is 2. The topological polar surface area (TPSA) is 95.6 Å². The number of rotatable bonds is 7. The number of aromatic nitrogens is 2. The van der Waals surface area contributed by atoms with Crippen LogP contribution in [0, 0.1) is 0 Å². The van der Waals surface area contributed by atoms with Gasteiger partial charge in [0.05, 0.1) is 12.8 Å². The van der Waals surface area contributed by atoms with Gasteiger partial charge < -0.3 is 19.2 Å². The van der Waals surface area contributed by atoms with Crippen molar-refractivity contribution in [3.8, 4) is 5.75 Å². The fraction of sp³-hybridized carbons (Fsp3) is 0.174. The predicted molar refractivity (Wildman–Crippen MR) is 114 cm³/mol. The predicted octanol–water partition coefficient (Wildman–Crippen LogP) is 4.27. The first-order chi connectivity index (χ1) is 15.1. The largest absolute Gasteiger partial charge is 0.485 e. The van der Waals surface area contributed by atoms with E-state index in [1.54, 1.807) is 18.3 Å². The van der Waals surface area contributed by atoms with Crippen molar-refractivity contribution in [3.63, 3.8) is 0 Å². The van der Waals surface area contributed by atoms with Gasteiger partial charge in [0.15, 0.2) is 11.5 Å². The van der Waals surface area contributed by atoms with Crippen LogP contribution in [0.25, 0.3) is 10.8 Å². The van der Waals surface area contributed by atoms with Gasteiger partial charge in [0.1, 0.15) is 18.1 Å². The lowest BCUT2D eigenvalue weighted by atomic mass is 10.1. The second kappa shape index (κ2) is 8.74. The second-order valence-corrected chi connectivity index (χ2v) is 6.72. The zero-order valence-corrected chi connectivity index (χ0v) is 17.1. The van der Waals surface area contributed by atoms with E-state index in [9.17, 15) is 9.59 Å². The van der Waals surface area contributed by atoms with E-state index in [0.29, 0.717) is 12.3 Å². The molecule has 0 unspecified atom stereocenters. The van der Waals surface area contributed by atoms with Crippen LogP contribution in [0.2, 0.25) is 0 Å². The highest BCUT2D eigenvalue weighted by Crippen LogP contribution is 2.26. The van der Waals surface area contributed by atoms with Crippen molar-refractivity contribution in [2.75, 3.05) is 12.4 Å². The molecule has 158 valence electrons. The summed E-state index contributed by atoms with van der Waals surface area (Å²) in [5, 5.41) is 8.84. The number of hydrogen-bond acceptors (Lipinski definition) is 6. The van der Waals surface area contributed by atoms with Crippen LogP contribution in [0.4, 0.5) is 5.69 Å². The fourth-order valence-corrected chi connectivity index (χ4v) is 3.15. The van der Waals surface area contributed by atoms with E-state index in [1.807, 2.05) is 49.4 Å². The minimum absolute atomic E-state index is 0.0313. The van der Waals surface area contributed by atoms with Gasteiger partial charge >= 0.3 is 5.97 Å². The van der Waals surface area contributed by atoms with Crippen LogP contribution < -0.4 is 10.1 Å². The number of furan rings is 1. The zero-order valence-electron chi connectivity index (χ0n) is 17.1. The molecule has 1 N–H and O–H groups in total. The summed E-state index contributed by atoms with van der Waals surface area (Å²) >= 11 is 0. The number of ether oxygens (including phenoxy) is 2. The number of nitrogens with one attached hydrogen (secondary N) is 1. The lowest BCUT2D eigenvalue weighted by molar-refractivity contribution is 0.0594. The van der Waals surface area contributed by atoms with Gasteiger partial charge in [0.2, 0.25) is 0 Å². The third-order valence-corrected chi connectivity index (χ3v) is 4.72. The van der Waals surface area contributed by atoms with Crippen molar-refractivity contribution >= 4 is 28.3 Å². The van der Waals surface area contributed by atoms with E-state index in [1.165, 1.54) is 11.8 Å². The van der Waals surface area contributed by atoms with E-state index in [0.717, 1.165) is 16.5 Å². The first-order valence-corrected chi connectivity index (χ1v) is 9.75. The molecular weight excluding hydrogens is 398 g/mol. The Kier molecular flexibility index (Phi) is 5.70. The number of fused-ring (bicyclic) bond motifs is 1. The highest BCUT2D eigenvalue weighted by Gasteiger charge is 2.21. The Hall–Kier alpha value is -4.07. The van der Waals surface area contributed by atoms with Crippen molar-refractivity contribution in [1.82, 2.24) is 9.78 Å². The van der Waals surface area contributed by atoms with E-state index in [-0.39, 0.29) is 23.7 Å². The number of carbonyl (C=O) groups excluding carboxylic acids is 2. The number of anilines is 1. The Morgan fingerprint density at radius 3 is 2.71 bits per heavy atom. The Balaban J connectivity index is 1.46. The fourth-order valence-electron chi connectivity index (χ4n) is 3.15. The van der Waals surface area contributed by atoms with E-state index < -0.39 is 11.9 Å². The van der Waals surface area contributed by atoms with Gasteiger partial charge in [-0.2, -0.15) is 5.10 Å². The molecule has 2 heterocycles. The van der Waals surface area contributed by atoms with Crippen LogP contribution in [0.5, 0.6) is 5.75 Å². The van der Waals surface area contributed by atoms with Gasteiger partial charge in [-0.3, -0.25) is 9.48 Å². The van der Waals surface area contributed by atoms with Crippen LogP contribution in [0.3, 0.4) is 0 Å². The van der Waals surface area contributed by atoms with Crippen LogP contribution in [0.1, 0.15) is 33.7 Å². The molecule has 0 aliphatic heterocycles. The SMILES string of the molecule is CCn1cc(NC(=O)c2ccc(COc3cccc4ccccc34)o2)c(C(=O)OC)n1. The maximum atomic E-state index is 12.6. The van der Waals surface area contributed by atoms with Crippen molar-refractivity contribution in [2.24, 2.45) is 0 Å². The van der Waals surface area contributed by atoms with Crippen LogP contribution >= 0.6 is 0 Å². The number of benzene rings is 2.